The molecule has 0 radical (unpaired) electrons. The van der Waals surface area contributed by atoms with Crippen molar-refractivity contribution in [2.24, 2.45) is 0 Å². The number of carbonyl (C=O) groups excluding carboxylic acids is 1. The zero-order chi connectivity index (χ0) is 13.8. The van der Waals surface area contributed by atoms with E-state index in [-0.39, 0.29) is 17.0 Å². The van der Waals surface area contributed by atoms with Crippen LogP contribution in [0.25, 0.3) is 0 Å². The number of methoxy groups -OCH3 is 1. The molecule has 1 aromatic rings. The fraction of sp³-hybridized carbons (Fsp3) is 0.400. The van der Waals surface area contributed by atoms with Gasteiger partial charge in [0.05, 0.1) is 19.8 Å². The van der Waals surface area contributed by atoms with Gasteiger partial charge < -0.3 is 4.74 Å². The molecule has 8 heteroatoms. The van der Waals surface area contributed by atoms with E-state index >= 15 is 0 Å². The largest absolute Gasteiger partial charge is 0.465 e. The first-order valence-electron chi connectivity index (χ1n) is 5.08. The van der Waals surface area contributed by atoms with Gasteiger partial charge in [-0.1, -0.05) is 4.47 Å². The Balaban J connectivity index is 3.37. The van der Waals surface area contributed by atoms with E-state index in [4.69, 9.17) is 4.84 Å². The highest BCUT2D eigenvalue weighted by Crippen LogP contribution is 2.19. The second-order valence-electron chi connectivity index (χ2n) is 3.17. The number of pyridine rings is 1. The second-order valence-corrected chi connectivity index (χ2v) is 4.97. The average Bonchev–Trinajstić information content (AvgIpc) is 2.39. The molecular formula is C10H14N2O5S. The Morgan fingerprint density at radius 3 is 2.61 bits per heavy atom. The minimum atomic E-state index is -3.94. The van der Waals surface area contributed by atoms with Crippen molar-refractivity contribution in [3.8, 4) is 0 Å². The molecule has 0 saturated carbocycles. The first-order chi connectivity index (χ1) is 8.48. The van der Waals surface area contributed by atoms with Crippen molar-refractivity contribution in [2.75, 3.05) is 20.8 Å². The van der Waals surface area contributed by atoms with E-state index in [9.17, 15) is 13.2 Å². The SMILES string of the molecule is CCN(OC)S(=O)(=O)c1cnccc1C(=O)OC. The molecule has 7 nitrogen and oxygen atoms in total. The number of ether oxygens (including phenoxy) is 1. The Labute approximate surface area is 105 Å². The van der Waals surface area contributed by atoms with Gasteiger partial charge in [-0.05, 0) is 13.0 Å². The fourth-order valence-corrected chi connectivity index (χ4v) is 2.75. The second kappa shape index (κ2) is 5.89. The minimum absolute atomic E-state index is 0.0806. The highest BCUT2D eigenvalue weighted by molar-refractivity contribution is 7.89. The van der Waals surface area contributed by atoms with Crippen molar-refractivity contribution in [3.05, 3.63) is 24.0 Å². The molecule has 0 saturated heterocycles. The van der Waals surface area contributed by atoms with Gasteiger partial charge in [0.1, 0.15) is 4.90 Å². The van der Waals surface area contributed by atoms with Crippen LogP contribution in [-0.4, -0.2) is 44.6 Å². The van der Waals surface area contributed by atoms with Crippen molar-refractivity contribution in [1.82, 2.24) is 9.45 Å². The van der Waals surface area contributed by atoms with Crippen LogP contribution in [0.4, 0.5) is 0 Å². The Bertz CT molecular complexity index is 525. The summed E-state index contributed by atoms with van der Waals surface area (Å²) in [5.74, 6) is -0.747. The third-order valence-electron chi connectivity index (χ3n) is 2.20. The van der Waals surface area contributed by atoms with E-state index in [1.165, 1.54) is 26.5 Å². The highest BCUT2D eigenvalue weighted by Gasteiger charge is 2.29. The van der Waals surface area contributed by atoms with Crippen molar-refractivity contribution < 1.29 is 22.8 Å². The Kier molecular flexibility index (Phi) is 4.76. The zero-order valence-electron chi connectivity index (χ0n) is 10.3. The van der Waals surface area contributed by atoms with Crippen LogP contribution in [0.5, 0.6) is 0 Å². The Hall–Kier alpha value is -1.51. The van der Waals surface area contributed by atoms with Crippen molar-refractivity contribution in [3.63, 3.8) is 0 Å². The van der Waals surface area contributed by atoms with E-state index < -0.39 is 16.0 Å². The lowest BCUT2D eigenvalue weighted by Crippen LogP contribution is -2.31. The van der Waals surface area contributed by atoms with Gasteiger partial charge in [0, 0.05) is 18.9 Å². The summed E-state index contributed by atoms with van der Waals surface area (Å²) in [5.41, 5.74) is -0.0806. The Morgan fingerprint density at radius 1 is 1.44 bits per heavy atom. The number of aromatic nitrogens is 1. The predicted molar refractivity (Wildman–Crippen MR) is 62.2 cm³/mol. The van der Waals surface area contributed by atoms with Gasteiger partial charge in [-0.2, -0.15) is 0 Å². The third kappa shape index (κ3) is 2.66. The van der Waals surface area contributed by atoms with Crippen LogP contribution in [0.15, 0.2) is 23.4 Å². The zero-order valence-corrected chi connectivity index (χ0v) is 11.1. The Morgan fingerprint density at radius 2 is 2.11 bits per heavy atom. The van der Waals surface area contributed by atoms with Crippen molar-refractivity contribution in [2.45, 2.75) is 11.8 Å². The highest BCUT2D eigenvalue weighted by atomic mass is 32.2. The molecule has 0 fully saturated rings. The summed E-state index contributed by atoms with van der Waals surface area (Å²) in [6.45, 7) is 1.71. The summed E-state index contributed by atoms with van der Waals surface area (Å²) in [7, 11) is -1.53. The van der Waals surface area contributed by atoms with E-state index in [2.05, 4.69) is 9.72 Å². The molecule has 100 valence electrons. The van der Waals surface area contributed by atoms with Crippen LogP contribution in [0.3, 0.4) is 0 Å². The van der Waals surface area contributed by atoms with Gasteiger partial charge in [-0.3, -0.25) is 9.82 Å². The van der Waals surface area contributed by atoms with E-state index in [0.717, 1.165) is 10.7 Å². The van der Waals surface area contributed by atoms with Gasteiger partial charge in [0.2, 0.25) is 0 Å². The summed E-state index contributed by atoms with van der Waals surface area (Å²) in [5, 5.41) is 0. The van der Waals surface area contributed by atoms with Crippen LogP contribution in [0, 0.1) is 0 Å². The number of nitrogens with zero attached hydrogens (tertiary/aromatic N) is 2. The molecule has 0 atom stereocenters. The van der Waals surface area contributed by atoms with Gasteiger partial charge in [-0.25, -0.2) is 13.2 Å². The number of hydroxylamine groups is 1. The molecule has 18 heavy (non-hydrogen) atoms. The molecular weight excluding hydrogens is 260 g/mol. The van der Waals surface area contributed by atoms with Gasteiger partial charge >= 0.3 is 5.97 Å². The van der Waals surface area contributed by atoms with Crippen LogP contribution >= 0.6 is 0 Å². The summed E-state index contributed by atoms with van der Waals surface area (Å²) < 4.78 is 29.7. The van der Waals surface area contributed by atoms with Gasteiger partial charge in [-0.15, -0.1) is 0 Å². The lowest BCUT2D eigenvalue weighted by atomic mass is 10.3. The molecule has 0 N–H and O–H groups in total. The smallest absolute Gasteiger partial charge is 0.339 e. The maximum Gasteiger partial charge on any atom is 0.339 e. The monoisotopic (exact) mass is 274 g/mol. The molecule has 0 aliphatic heterocycles. The molecule has 1 aromatic heterocycles. The molecule has 0 aliphatic carbocycles. The molecule has 0 unspecified atom stereocenters. The lowest BCUT2D eigenvalue weighted by molar-refractivity contribution is -0.0443. The first kappa shape index (κ1) is 14.6. The molecule has 1 heterocycles. The maximum absolute atomic E-state index is 12.2. The number of carbonyl (C=O) groups is 1. The summed E-state index contributed by atoms with van der Waals surface area (Å²) in [4.78, 5) is 19.7. The molecule has 0 spiro atoms. The molecule has 0 aromatic carbocycles. The van der Waals surface area contributed by atoms with Crippen LogP contribution in [0.2, 0.25) is 0 Å². The van der Waals surface area contributed by atoms with Crippen molar-refractivity contribution in [1.29, 1.82) is 0 Å². The van der Waals surface area contributed by atoms with Gasteiger partial charge in [0.15, 0.2) is 0 Å². The number of rotatable bonds is 5. The standard InChI is InChI=1S/C10H14N2O5S/c1-4-12(17-3)18(14,15)9-7-11-6-5-8(9)10(13)16-2/h5-7H,4H2,1-3H3. The first-order valence-corrected chi connectivity index (χ1v) is 6.52. The number of hydrogen-bond acceptors (Lipinski definition) is 6. The van der Waals surface area contributed by atoms with Crippen LogP contribution in [-0.2, 0) is 19.6 Å². The van der Waals surface area contributed by atoms with Gasteiger partial charge in [0.25, 0.3) is 10.0 Å². The molecule has 1 rings (SSSR count). The number of sulfonamides is 1. The normalized spacial score (nSPS) is 11.6. The number of esters is 1. The summed E-state index contributed by atoms with van der Waals surface area (Å²) in [6, 6.07) is 1.28. The fourth-order valence-electron chi connectivity index (χ4n) is 1.37. The predicted octanol–water partition coefficient (Wildman–Crippen LogP) is 0.440. The minimum Gasteiger partial charge on any atom is -0.465 e. The van der Waals surface area contributed by atoms with E-state index in [1.807, 2.05) is 0 Å². The molecule has 0 amide bonds. The topological polar surface area (TPSA) is 85.8 Å². The summed E-state index contributed by atoms with van der Waals surface area (Å²) >= 11 is 0. The van der Waals surface area contributed by atoms with E-state index in [0.29, 0.717) is 0 Å². The third-order valence-corrected chi connectivity index (χ3v) is 4.02. The van der Waals surface area contributed by atoms with Crippen LogP contribution < -0.4 is 0 Å². The molecule has 0 aliphatic rings. The average molecular weight is 274 g/mol. The number of hydrogen-bond donors (Lipinski definition) is 0. The maximum atomic E-state index is 12.2. The lowest BCUT2D eigenvalue weighted by Gasteiger charge is -2.18. The quantitative estimate of drug-likeness (QED) is 0.572. The summed E-state index contributed by atoms with van der Waals surface area (Å²) in [6.07, 6.45) is 2.40. The molecule has 0 bridgehead atoms. The van der Waals surface area contributed by atoms with E-state index in [1.54, 1.807) is 6.92 Å². The van der Waals surface area contributed by atoms with Crippen LogP contribution in [0.1, 0.15) is 17.3 Å². The van der Waals surface area contributed by atoms with Crippen molar-refractivity contribution >= 4 is 16.0 Å².